The highest BCUT2D eigenvalue weighted by atomic mass is 16.2. The van der Waals surface area contributed by atoms with Crippen molar-refractivity contribution in [3.05, 3.63) is 59.9 Å². The molecule has 0 aliphatic heterocycles. The summed E-state index contributed by atoms with van der Waals surface area (Å²) in [5.74, 6) is 0.0523. The van der Waals surface area contributed by atoms with Crippen LogP contribution in [0, 0.1) is 5.41 Å². The molecular formula is C23H31N3O2. The van der Waals surface area contributed by atoms with Crippen LogP contribution >= 0.6 is 0 Å². The van der Waals surface area contributed by atoms with Crippen LogP contribution in [0.3, 0.4) is 0 Å². The highest BCUT2D eigenvalue weighted by molar-refractivity contribution is 5.88. The zero-order valence-corrected chi connectivity index (χ0v) is 17.4. The van der Waals surface area contributed by atoms with Gasteiger partial charge in [0.1, 0.15) is 6.54 Å². The van der Waals surface area contributed by atoms with Crippen molar-refractivity contribution in [3.8, 4) is 0 Å². The van der Waals surface area contributed by atoms with Gasteiger partial charge in [-0.15, -0.1) is 0 Å². The molecule has 1 aromatic carbocycles. The number of amides is 2. The number of carbonyl (C=O) groups excluding carboxylic acids is 2. The molecule has 2 aromatic rings. The van der Waals surface area contributed by atoms with Gasteiger partial charge in [-0.1, -0.05) is 51.1 Å². The summed E-state index contributed by atoms with van der Waals surface area (Å²) in [5.41, 5.74) is 1.68. The number of carbonyl (C=O) groups is 2. The van der Waals surface area contributed by atoms with E-state index >= 15 is 0 Å². The van der Waals surface area contributed by atoms with Crippen molar-refractivity contribution in [2.45, 2.75) is 52.7 Å². The van der Waals surface area contributed by atoms with E-state index in [9.17, 15) is 9.59 Å². The van der Waals surface area contributed by atoms with Crippen molar-refractivity contribution in [1.29, 1.82) is 0 Å². The Morgan fingerprint density at radius 3 is 2.25 bits per heavy atom. The number of aryl methyl sites for hydroxylation is 1. The maximum atomic E-state index is 13.3. The average Bonchev–Trinajstić information content (AvgIpc) is 3.41. The quantitative estimate of drug-likeness (QED) is 0.736. The van der Waals surface area contributed by atoms with Crippen LogP contribution in [0.2, 0.25) is 0 Å². The van der Waals surface area contributed by atoms with E-state index in [4.69, 9.17) is 0 Å². The first kappa shape index (κ1) is 20.2. The van der Waals surface area contributed by atoms with Gasteiger partial charge in [0.2, 0.25) is 11.8 Å². The molecule has 0 unspecified atom stereocenters. The van der Waals surface area contributed by atoms with E-state index in [1.54, 1.807) is 4.90 Å². The first-order chi connectivity index (χ1) is 13.3. The molecule has 2 amide bonds. The Labute approximate surface area is 167 Å². The lowest BCUT2D eigenvalue weighted by molar-refractivity contribution is -0.146. The van der Waals surface area contributed by atoms with E-state index in [0.717, 1.165) is 24.1 Å². The van der Waals surface area contributed by atoms with Gasteiger partial charge in [-0.2, -0.15) is 0 Å². The normalized spacial score (nSPS) is 14.0. The van der Waals surface area contributed by atoms with Crippen molar-refractivity contribution in [2.75, 3.05) is 6.54 Å². The molecule has 150 valence electrons. The Bertz CT molecular complexity index is 816. The van der Waals surface area contributed by atoms with Crippen LogP contribution in [0.1, 0.15) is 44.9 Å². The molecule has 1 aromatic heterocycles. The number of benzene rings is 1. The molecule has 1 heterocycles. The number of rotatable bonds is 7. The minimum Gasteiger partial charge on any atom is -0.353 e. The summed E-state index contributed by atoms with van der Waals surface area (Å²) in [4.78, 5) is 29.8. The third-order valence-electron chi connectivity index (χ3n) is 5.17. The van der Waals surface area contributed by atoms with E-state index < -0.39 is 5.41 Å². The van der Waals surface area contributed by atoms with E-state index in [1.165, 1.54) is 0 Å². The highest BCUT2D eigenvalue weighted by Crippen LogP contribution is 2.31. The SMILES string of the molecule is Cn1cccc1CN(Cc1ccccc1)C(=O)CN(C(=O)C(C)(C)C)C1CC1. The summed E-state index contributed by atoms with van der Waals surface area (Å²) in [6.07, 6.45) is 3.97. The summed E-state index contributed by atoms with van der Waals surface area (Å²) < 4.78 is 2.03. The Balaban J connectivity index is 1.78. The molecule has 1 aliphatic carbocycles. The highest BCUT2D eigenvalue weighted by Gasteiger charge is 2.39. The molecule has 0 saturated heterocycles. The Morgan fingerprint density at radius 2 is 1.71 bits per heavy atom. The van der Waals surface area contributed by atoms with Gasteiger partial charge in [0.25, 0.3) is 0 Å². The molecule has 1 saturated carbocycles. The van der Waals surface area contributed by atoms with E-state index in [2.05, 4.69) is 0 Å². The summed E-state index contributed by atoms with van der Waals surface area (Å²) in [5, 5.41) is 0. The van der Waals surface area contributed by atoms with Crippen LogP contribution in [0.15, 0.2) is 48.7 Å². The average molecular weight is 382 g/mol. The van der Waals surface area contributed by atoms with Crippen LogP contribution < -0.4 is 0 Å². The summed E-state index contributed by atoms with van der Waals surface area (Å²) >= 11 is 0. The minimum absolute atomic E-state index is 0.00504. The first-order valence-corrected chi connectivity index (χ1v) is 9.98. The van der Waals surface area contributed by atoms with Gasteiger partial charge in [-0.05, 0) is 30.5 Å². The fourth-order valence-corrected chi connectivity index (χ4v) is 3.32. The van der Waals surface area contributed by atoms with Crippen LogP contribution in [0.5, 0.6) is 0 Å². The topological polar surface area (TPSA) is 45.6 Å². The number of aromatic nitrogens is 1. The predicted molar refractivity (Wildman–Crippen MR) is 110 cm³/mol. The van der Waals surface area contributed by atoms with Crippen LogP contribution in [0.25, 0.3) is 0 Å². The second-order valence-corrected chi connectivity index (χ2v) is 8.76. The Kier molecular flexibility index (Phi) is 5.92. The molecule has 0 atom stereocenters. The van der Waals surface area contributed by atoms with Gasteiger partial charge >= 0.3 is 0 Å². The smallest absolute Gasteiger partial charge is 0.242 e. The maximum absolute atomic E-state index is 13.3. The Morgan fingerprint density at radius 1 is 1.04 bits per heavy atom. The number of nitrogens with zero attached hydrogens (tertiary/aromatic N) is 3. The maximum Gasteiger partial charge on any atom is 0.242 e. The fourth-order valence-electron chi connectivity index (χ4n) is 3.32. The molecule has 3 rings (SSSR count). The van der Waals surface area contributed by atoms with Gasteiger partial charge in [-0.25, -0.2) is 0 Å². The predicted octanol–water partition coefficient (Wildman–Crippen LogP) is 3.59. The van der Waals surface area contributed by atoms with Gasteiger partial charge in [0.05, 0.1) is 6.54 Å². The molecule has 0 radical (unpaired) electrons. The van der Waals surface area contributed by atoms with E-state index in [0.29, 0.717) is 13.1 Å². The third-order valence-corrected chi connectivity index (χ3v) is 5.17. The molecule has 0 bridgehead atoms. The van der Waals surface area contributed by atoms with Gasteiger partial charge in [0, 0.05) is 36.9 Å². The third kappa shape index (κ3) is 5.03. The zero-order valence-electron chi connectivity index (χ0n) is 17.4. The fraction of sp³-hybridized carbons (Fsp3) is 0.478. The summed E-state index contributed by atoms with van der Waals surface area (Å²) in [7, 11) is 1.99. The van der Waals surface area contributed by atoms with Crippen molar-refractivity contribution in [1.82, 2.24) is 14.4 Å². The monoisotopic (exact) mass is 381 g/mol. The minimum atomic E-state index is -0.481. The molecule has 28 heavy (non-hydrogen) atoms. The van der Waals surface area contributed by atoms with Crippen LogP contribution in [-0.2, 0) is 29.7 Å². The second kappa shape index (κ2) is 8.21. The lowest BCUT2D eigenvalue weighted by atomic mass is 9.94. The van der Waals surface area contributed by atoms with Crippen molar-refractivity contribution < 1.29 is 9.59 Å². The lowest BCUT2D eigenvalue weighted by Crippen LogP contribution is -2.47. The number of hydrogen-bond acceptors (Lipinski definition) is 2. The van der Waals surface area contributed by atoms with Gasteiger partial charge < -0.3 is 14.4 Å². The zero-order chi connectivity index (χ0) is 20.3. The van der Waals surface area contributed by atoms with Crippen molar-refractivity contribution in [3.63, 3.8) is 0 Å². The molecule has 5 heteroatoms. The molecular weight excluding hydrogens is 350 g/mol. The second-order valence-electron chi connectivity index (χ2n) is 8.76. The van der Waals surface area contributed by atoms with E-state index in [1.807, 2.05) is 85.9 Å². The van der Waals surface area contributed by atoms with Crippen molar-refractivity contribution >= 4 is 11.8 Å². The molecule has 1 aliphatic rings. The first-order valence-electron chi connectivity index (χ1n) is 9.98. The number of hydrogen-bond donors (Lipinski definition) is 0. The molecule has 5 nitrogen and oxygen atoms in total. The summed E-state index contributed by atoms with van der Waals surface area (Å²) in [6.45, 7) is 6.97. The standard InChI is InChI=1S/C23H31N3O2/c1-23(2,3)22(28)26(19-12-13-19)17-21(27)25(15-18-9-6-5-7-10-18)16-20-11-8-14-24(20)4/h5-11,14,19H,12-13,15-17H2,1-4H3. The Hall–Kier alpha value is -2.56. The largest absolute Gasteiger partial charge is 0.353 e. The van der Waals surface area contributed by atoms with E-state index in [-0.39, 0.29) is 24.4 Å². The van der Waals surface area contributed by atoms with Crippen molar-refractivity contribution in [2.24, 2.45) is 12.5 Å². The van der Waals surface area contributed by atoms with Crippen LogP contribution in [-0.4, -0.2) is 38.8 Å². The van der Waals surface area contributed by atoms with Gasteiger partial charge in [-0.3, -0.25) is 9.59 Å². The molecule has 0 spiro atoms. The summed E-state index contributed by atoms with van der Waals surface area (Å²) in [6, 6.07) is 14.2. The lowest BCUT2D eigenvalue weighted by Gasteiger charge is -2.32. The van der Waals surface area contributed by atoms with Crippen LogP contribution in [0.4, 0.5) is 0 Å². The molecule has 0 N–H and O–H groups in total. The molecule has 1 fully saturated rings. The van der Waals surface area contributed by atoms with Gasteiger partial charge in [0.15, 0.2) is 0 Å².